The van der Waals surface area contributed by atoms with Gasteiger partial charge in [0.15, 0.2) is 6.20 Å². The fraction of sp³-hybridized carbons (Fsp3) is 0.0571. The molecule has 1 aliphatic rings. The molecule has 2 heterocycles. The lowest BCUT2D eigenvalue weighted by Crippen LogP contribution is -2.31. The second-order valence-electron chi connectivity index (χ2n) is 10.3. The van der Waals surface area contributed by atoms with Gasteiger partial charge in [-0.15, -0.1) is 0 Å². The van der Waals surface area contributed by atoms with E-state index in [1.165, 1.54) is 38.9 Å². The average Bonchev–Trinajstić information content (AvgIpc) is 3.22. The number of rotatable bonds is 1. The largest absolute Gasteiger partial charge is 0.306 e. The average molecular weight is 492 g/mol. The minimum Gasteiger partial charge on any atom is -0.306 e. The Morgan fingerprint density at radius 3 is 2.26 bits per heavy atom. The molecule has 8 rings (SSSR count). The summed E-state index contributed by atoms with van der Waals surface area (Å²) in [5, 5.41) is 4.34. The summed E-state index contributed by atoms with van der Waals surface area (Å²) in [6.07, 6.45) is 2.14. The van der Waals surface area contributed by atoms with Crippen molar-refractivity contribution in [2.45, 2.75) is 6.92 Å². The Labute approximate surface area is 219 Å². The molecule has 0 fully saturated rings. The standard InChI is InChI=1S/C35H24FN2/c1-21-9-7-13-27-24-10-3-4-11-25(24)29-20-23(19-22-17-18-37(2)35(32(21)27)33(22)29)38-31-16-6-5-12-26(31)28-14-8-15-30(36)34(28)38/h3-20H,1-2H3/q+1. The second-order valence-corrected chi connectivity index (χ2v) is 10.3. The molecule has 180 valence electrons. The first-order valence-electron chi connectivity index (χ1n) is 13.0. The highest BCUT2D eigenvalue weighted by molar-refractivity contribution is 6.14. The number of benzene rings is 5. The van der Waals surface area contributed by atoms with Crippen LogP contribution in [0, 0.1) is 12.7 Å². The van der Waals surface area contributed by atoms with Crippen LogP contribution in [0.3, 0.4) is 0 Å². The van der Waals surface area contributed by atoms with E-state index >= 15 is 4.39 Å². The SMILES string of the molecule is Cc1cccc2c1-c1c3c(cc(-n4c5ccccc5c5cccc(F)c54)cc3cc[n+]1C)-c1ccccc1-2. The van der Waals surface area contributed by atoms with E-state index in [1.54, 1.807) is 12.1 Å². The normalized spacial score (nSPS) is 12.1. The van der Waals surface area contributed by atoms with Gasteiger partial charge in [0.25, 0.3) is 0 Å². The van der Waals surface area contributed by atoms with Crippen molar-refractivity contribution < 1.29 is 8.96 Å². The van der Waals surface area contributed by atoms with Crippen molar-refractivity contribution in [1.82, 2.24) is 4.57 Å². The molecule has 0 aliphatic heterocycles. The van der Waals surface area contributed by atoms with E-state index in [0.29, 0.717) is 5.52 Å². The highest BCUT2D eigenvalue weighted by atomic mass is 19.1. The predicted octanol–water partition coefficient (Wildman–Crippen LogP) is 8.52. The van der Waals surface area contributed by atoms with Crippen molar-refractivity contribution in [3.8, 4) is 39.2 Å². The molecule has 0 amide bonds. The number of aryl methyl sites for hydroxylation is 2. The van der Waals surface area contributed by atoms with Crippen molar-refractivity contribution in [2.24, 2.45) is 7.05 Å². The summed E-state index contributed by atoms with van der Waals surface area (Å²) in [5.74, 6) is -0.215. The van der Waals surface area contributed by atoms with Gasteiger partial charge in [-0.25, -0.2) is 8.96 Å². The zero-order valence-electron chi connectivity index (χ0n) is 21.2. The fourth-order valence-electron chi connectivity index (χ4n) is 6.53. The third-order valence-electron chi connectivity index (χ3n) is 8.14. The highest BCUT2D eigenvalue weighted by Gasteiger charge is 2.29. The van der Waals surface area contributed by atoms with Crippen LogP contribution in [0.2, 0.25) is 0 Å². The van der Waals surface area contributed by atoms with Crippen LogP contribution in [0.25, 0.3) is 71.8 Å². The maximum Gasteiger partial charge on any atom is 0.221 e. The Bertz CT molecular complexity index is 2120. The van der Waals surface area contributed by atoms with Crippen LogP contribution in [0.4, 0.5) is 4.39 Å². The molecule has 0 saturated heterocycles. The predicted molar refractivity (Wildman–Crippen MR) is 154 cm³/mol. The van der Waals surface area contributed by atoms with Crippen molar-refractivity contribution >= 4 is 32.6 Å². The summed E-state index contributed by atoms with van der Waals surface area (Å²) >= 11 is 0. The Kier molecular flexibility index (Phi) is 4.28. The highest BCUT2D eigenvalue weighted by Crippen LogP contribution is 2.48. The van der Waals surface area contributed by atoms with E-state index in [1.807, 2.05) is 18.2 Å². The van der Waals surface area contributed by atoms with Gasteiger partial charge in [0.1, 0.15) is 12.9 Å². The molecule has 2 aromatic heterocycles. The van der Waals surface area contributed by atoms with Gasteiger partial charge in [0, 0.05) is 22.5 Å². The molecule has 0 spiro atoms. The van der Waals surface area contributed by atoms with E-state index in [-0.39, 0.29) is 5.82 Å². The third-order valence-corrected chi connectivity index (χ3v) is 8.14. The van der Waals surface area contributed by atoms with Gasteiger partial charge in [-0.3, -0.25) is 0 Å². The Hall–Kier alpha value is -4.76. The van der Waals surface area contributed by atoms with Crippen molar-refractivity contribution in [3.05, 3.63) is 121 Å². The van der Waals surface area contributed by atoms with Gasteiger partial charge in [-0.2, -0.15) is 0 Å². The molecule has 0 atom stereocenters. The Morgan fingerprint density at radius 2 is 1.39 bits per heavy atom. The maximum atomic E-state index is 15.5. The number of hydrogen-bond acceptors (Lipinski definition) is 0. The molecule has 0 bridgehead atoms. The maximum absolute atomic E-state index is 15.5. The smallest absolute Gasteiger partial charge is 0.221 e. The minimum atomic E-state index is -0.215. The monoisotopic (exact) mass is 491 g/mol. The zero-order chi connectivity index (χ0) is 25.5. The lowest BCUT2D eigenvalue weighted by molar-refractivity contribution is -0.659. The molecule has 5 aromatic carbocycles. The van der Waals surface area contributed by atoms with Gasteiger partial charge < -0.3 is 4.57 Å². The van der Waals surface area contributed by atoms with Crippen LogP contribution in [0.15, 0.2) is 109 Å². The summed E-state index contributed by atoms with van der Waals surface area (Å²) in [5.41, 5.74) is 11.1. The number of halogens is 1. The number of hydrogen-bond donors (Lipinski definition) is 0. The summed E-state index contributed by atoms with van der Waals surface area (Å²) in [6.45, 7) is 2.19. The minimum absolute atomic E-state index is 0.215. The molecular formula is C35H24FN2+. The van der Waals surface area contributed by atoms with Crippen LogP contribution < -0.4 is 4.57 Å². The molecule has 3 heteroatoms. The van der Waals surface area contributed by atoms with Gasteiger partial charge in [-0.05, 0) is 64.4 Å². The van der Waals surface area contributed by atoms with E-state index in [9.17, 15) is 0 Å². The summed E-state index contributed by atoms with van der Waals surface area (Å²) in [7, 11) is 2.13. The number of nitrogens with zero attached hydrogens (tertiary/aromatic N) is 2. The van der Waals surface area contributed by atoms with Crippen LogP contribution >= 0.6 is 0 Å². The molecule has 0 unspecified atom stereocenters. The number of fused-ring (bicyclic) bond motifs is 8. The summed E-state index contributed by atoms with van der Waals surface area (Å²) in [6, 6.07) is 35.5. The third kappa shape index (κ3) is 2.73. The number of pyridine rings is 1. The van der Waals surface area contributed by atoms with Crippen LogP contribution in [0.1, 0.15) is 5.56 Å². The Morgan fingerprint density at radius 1 is 0.684 bits per heavy atom. The van der Waals surface area contributed by atoms with Crippen LogP contribution in [0.5, 0.6) is 0 Å². The molecule has 0 radical (unpaired) electrons. The van der Waals surface area contributed by atoms with Crippen molar-refractivity contribution in [1.29, 1.82) is 0 Å². The lowest BCUT2D eigenvalue weighted by Gasteiger charge is -2.15. The molecule has 7 aromatic rings. The van der Waals surface area contributed by atoms with E-state index in [4.69, 9.17) is 0 Å². The van der Waals surface area contributed by atoms with E-state index in [2.05, 4.69) is 102 Å². The first-order chi connectivity index (χ1) is 18.6. The summed E-state index contributed by atoms with van der Waals surface area (Å²) < 4.78 is 19.8. The molecular weight excluding hydrogens is 467 g/mol. The van der Waals surface area contributed by atoms with E-state index < -0.39 is 0 Å². The van der Waals surface area contributed by atoms with Crippen LogP contribution in [-0.4, -0.2) is 4.57 Å². The topological polar surface area (TPSA) is 8.81 Å². The molecule has 38 heavy (non-hydrogen) atoms. The molecule has 1 aliphatic carbocycles. The molecule has 0 saturated carbocycles. The quantitative estimate of drug-likeness (QED) is 0.204. The number of aromatic nitrogens is 2. The van der Waals surface area contributed by atoms with Gasteiger partial charge in [0.05, 0.1) is 22.0 Å². The first-order valence-corrected chi connectivity index (χ1v) is 13.0. The van der Waals surface area contributed by atoms with E-state index in [0.717, 1.165) is 32.9 Å². The van der Waals surface area contributed by atoms with Crippen LogP contribution in [-0.2, 0) is 7.05 Å². The fourth-order valence-corrected chi connectivity index (χ4v) is 6.53. The zero-order valence-corrected chi connectivity index (χ0v) is 21.2. The van der Waals surface area contributed by atoms with Crippen molar-refractivity contribution in [3.63, 3.8) is 0 Å². The van der Waals surface area contributed by atoms with Gasteiger partial charge in [0.2, 0.25) is 5.69 Å². The molecule has 0 N–H and O–H groups in total. The molecule has 2 nitrogen and oxygen atoms in total. The van der Waals surface area contributed by atoms with Gasteiger partial charge >= 0.3 is 0 Å². The lowest BCUT2D eigenvalue weighted by atomic mass is 9.92. The van der Waals surface area contributed by atoms with Gasteiger partial charge in [-0.1, -0.05) is 72.8 Å². The van der Waals surface area contributed by atoms with Crippen molar-refractivity contribution in [2.75, 3.05) is 0 Å². The summed E-state index contributed by atoms with van der Waals surface area (Å²) in [4.78, 5) is 0. The second kappa shape index (κ2) is 7.62. The Balaban J connectivity index is 1.59. The first kappa shape index (κ1) is 21.3. The number of para-hydroxylation sites is 2.